The topological polar surface area (TPSA) is 41.6 Å². The molecule has 1 saturated heterocycles. The molecule has 2 heterocycles. The molecular formula is C15H16N2O2S. The molecule has 1 N–H and O–H groups in total. The maximum atomic E-state index is 11.6. The number of carbonyl (C=O) groups is 1. The Balaban J connectivity index is 1.76. The van der Waals surface area contributed by atoms with Gasteiger partial charge in [0.1, 0.15) is 6.61 Å². The van der Waals surface area contributed by atoms with Crippen LogP contribution < -0.4 is 10.2 Å². The van der Waals surface area contributed by atoms with E-state index in [1.54, 1.807) is 16.2 Å². The van der Waals surface area contributed by atoms with Crippen molar-refractivity contribution in [3.8, 4) is 0 Å². The molecule has 3 rings (SSSR count). The summed E-state index contributed by atoms with van der Waals surface area (Å²) >= 11 is 1.73. The van der Waals surface area contributed by atoms with Gasteiger partial charge in [0.25, 0.3) is 0 Å². The zero-order chi connectivity index (χ0) is 13.9. The molecule has 1 unspecified atom stereocenters. The summed E-state index contributed by atoms with van der Waals surface area (Å²) < 4.78 is 4.97. The number of rotatable bonds is 4. The first kappa shape index (κ1) is 13.0. The van der Waals surface area contributed by atoms with Gasteiger partial charge >= 0.3 is 6.09 Å². The minimum atomic E-state index is -0.270. The first-order chi connectivity index (χ1) is 9.74. The van der Waals surface area contributed by atoms with Crippen LogP contribution in [0.15, 0.2) is 41.8 Å². The molecule has 1 aromatic carbocycles. The van der Waals surface area contributed by atoms with Gasteiger partial charge in [-0.3, -0.25) is 4.90 Å². The van der Waals surface area contributed by atoms with Crippen LogP contribution in [0.5, 0.6) is 0 Å². The van der Waals surface area contributed by atoms with E-state index < -0.39 is 0 Å². The van der Waals surface area contributed by atoms with Crippen LogP contribution in [-0.4, -0.2) is 19.2 Å². The highest BCUT2D eigenvalue weighted by Gasteiger charge is 2.23. The summed E-state index contributed by atoms with van der Waals surface area (Å²) in [6.45, 7) is 3.20. The van der Waals surface area contributed by atoms with Crippen LogP contribution in [0, 0.1) is 0 Å². The van der Waals surface area contributed by atoms with Gasteiger partial charge in [-0.25, -0.2) is 4.79 Å². The zero-order valence-electron chi connectivity index (χ0n) is 11.2. The Morgan fingerprint density at radius 1 is 1.35 bits per heavy atom. The van der Waals surface area contributed by atoms with E-state index >= 15 is 0 Å². The number of anilines is 2. The van der Waals surface area contributed by atoms with Crippen LogP contribution in [0.1, 0.15) is 17.8 Å². The van der Waals surface area contributed by atoms with E-state index in [4.69, 9.17) is 4.74 Å². The lowest BCUT2D eigenvalue weighted by atomic mass is 10.2. The fourth-order valence-corrected chi connectivity index (χ4v) is 2.98. The number of amides is 1. The molecule has 0 spiro atoms. The van der Waals surface area contributed by atoms with Gasteiger partial charge < -0.3 is 10.1 Å². The Labute approximate surface area is 122 Å². The molecule has 0 radical (unpaired) electrons. The third-order valence-corrected chi connectivity index (χ3v) is 4.33. The normalized spacial score (nSPS) is 16.1. The van der Waals surface area contributed by atoms with Crippen LogP contribution >= 0.6 is 11.3 Å². The highest BCUT2D eigenvalue weighted by Crippen LogP contribution is 2.26. The van der Waals surface area contributed by atoms with Gasteiger partial charge in [0.2, 0.25) is 0 Å². The fraction of sp³-hybridized carbons (Fsp3) is 0.267. The molecule has 1 atom stereocenters. The monoisotopic (exact) mass is 288 g/mol. The summed E-state index contributed by atoms with van der Waals surface area (Å²) in [5, 5.41) is 5.53. The first-order valence-electron chi connectivity index (χ1n) is 6.58. The average Bonchev–Trinajstić information content (AvgIpc) is 3.10. The van der Waals surface area contributed by atoms with Crippen molar-refractivity contribution in [1.29, 1.82) is 0 Å². The molecule has 0 aliphatic carbocycles. The molecule has 5 heteroatoms. The maximum absolute atomic E-state index is 11.6. The smallest absolute Gasteiger partial charge is 0.414 e. The van der Waals surface area contributed by atoms with Crippen LogP contribution in [0.25, 0.3) is 0 Å². The number of cyclic esters (lactones) is 1. The molecule has 104 valence electrons. The van der Waals surface area contributed by atoms with E-state index in [1.807, 2.05) is 24.3 Å². The van der Waals surface area contributed by atoms with Crippen molar-refractivity contribution in [2.45, 2.75) is 13.0 Å². The Hall–Kier alpha value is -2.01. The van der Waals surface area contributed by atoms with Gasteiger partial charge in [-0.1, -0.05) is 12.1 Å². The van der Waals surface area contributed by atoms with Crippen molar-refractivity contribution < 1.29 is 9.53 Å². The predicted octanol–water partition coefficient (Wildman–Crippen LogP) is 3.88. The molecule has 2 aromatic rings. The highest BCUT2D eigenvalue weighted by atomic mass is 32.1. The van der Waals surface area contributed by atoms with Gasteiger partial charge in [0.15, 0.2) is 0 Å². The third kappa shape index (κ3) is 2.63. The second-order valence-electron chi connectivity index (χ2n) is 4.70. The van der Waals surface area contributed by atoms with Crippen molar-refractivity contribution in [3.63, 3.8) is 0 Å². The number of benzene rings is 1. The lowest BCUT2D eigenvalue weighted by Gasteiger charge is -2.17. The molecule has 20 heavy (non-hydrogen) atoms. The van der Waals surface area contributed by atoms with E-state index in [2.05, 4.69) is 29.8 Å². The van der Waals surface area contributed by atoms with Crippen molar-refractivity contribution in [1.82, 2.24) is 0 Å². The summed E-state index contributed by atoms with van der Waals surface area (Å²) in [6, 6.07) is 12.3. The van der Waals surface area contributed by atoms with Gasteiger partial charge in [-0.2, -0.15) is 0 Å². The molecule has 0 bridgehead atoms. The maximum Gasteiger partial charge on any atom is 0.414 e. The zero-order valence-corrected chi connectivity index (χ0v) is 12.0. The van der Waals surface area contributed by atoms with Crippen LogP contribution in [0.2, 0.25) is 0 Å². The Morgan fingerprint density at radius 2 is 2.25 bits per heavy atom. The van der Waals surface area contributed by atoms with E-state index in [9.17, 15) is 4.79 Å². The van der Waals surface area contributed by atoms with E-state index in [-0.39, 0.29) is 12.1 Å². The minimum Gasteiger partial charge on any atom is -0.447 e. The Kier molecular flexibility index (Phi) is 3.60. The number of ether oxygens (including phenoxy) is 1. The lowest BCUT2D eigenvalue weighted by molar-refractivity contribution is 0.181. The predicted molar refractivity (Wildman–Crippen MR) is 81.5 cm³/mol. The number of hydrogen-bond donors (Lipinski definition) is 1. The second kappa shape index (κ2) is 5.54. The van der Waals surface area contributed by atoms with Crippen molar-refractivity contribution in [2.75, 3.05) is 23.4 Å². The summed E-state index contributed by atoms with van der Waals surface area (Å²) in [5.41, 5.74) is 1.87. The molecule has 1 amide bonds. The van der Waals surface area contributed by atoms with E-state index in [0.29, 0.717) is 13.2 Å². The molecular weight excluding hydrogens is 272 g/mol. The van der Waals surface area contributed by atoms with E-state index in [1.165, 1.54) is 4.88 Å². The van der Waals surface area contributed by atoms with Gasteiger partial charge in [0, 0.05) is 16.3 Å². The van der Waals surface area contributed by atoms with Gasteiger partial charge in [0.05, 0.1) is 12.6 Å². The van der Waals surface area contributed by atoms with Crippen molar-refractivity contribution >= 4 is 28.8 Å². The van der Waals surface area contributed by atoms with E-state index in [0.717, 1.165) is 11.4 Å². The Bertz CT molecular complexity index is 598. The van der Waals surface area contributed by atoms with Gasteiger partial charge in [-0.15, -0.1) is 11.3 Å². The van der Waals surface area contributed by atoms with Crippen LogP contribution in [-0.2, 0) is 4.74 Å². The molecule has 4 nitrogen and oxygen atoms in total. The third-order valence-electron chi connectivity index (χ3n) is 3.27. The number of carbonyl (C=O) groups excluding carboxylic acids is 1. The Morgan fingerprint density at radius 3 is 2.95 bits per heavy atom. The highest BCUT2D eigenvalue weighted by molar-refractivity contribution is 7.10. The van der Waals surface area contributed by atoms with Crippen LogP contribution in [0.3, 0.4) is 0 Å². The number of nitrogens with zero attached hydrogens (tertiary/aromatic N) is 1. The van der Waals surface area contributed by atoms with Crippen LogP contribution in [0.4, 0.5) is 16.2 Å². The molecule has 1 aliphatic rings. The summed E-state index contributed by atoms with van der Waals surface area (Å²) in [4.78, 5) is 14.5. The molecule has 1 aliphatic heterocycles. The number of nitrogens with one attached hydrogen (secondary N) is 1. The number of thiophene rings is 1. The SMILES string of the molecule is CC(Nc1cccc(N2CCOC2=O)c1)c1cccs1. The molecule has 1 aromatic heterocycles. The molecule has 0 saturated carbocycles. The van der Waals surface area contributed by atoms with Crippen molar-refractivity contribution in [3.05, 3.63) is 46.7 Å². The summed E-state index contributed by atoms with van der Waals surface area (Å²) in [7, 11) is 0. The average molecular weight is 288 g/mol. The minimum absolute atomic E-state index is 0.246. The molecule has 1 fully saturated rings. The van der Waals surface area contributed by atoms with Crippen molar-refractivity contribution in [2.24, 2.45) is 0 Å². The number of hydrogen-bond acceptors (Lipinski definition) is 4. The second-order valence-corrected chi connectivity index (χ2v) is 5.68. The first-order valence-corrected chi connectivity index (χ1v) is 7.46. The lowest BCUT2D eigenvalue weighted by Crippen LogP contribution is -2.23. The van der Waals surface area contributed by atoms with Gasteiger partial charge in [-0.05, 0) is 36.6 Å². The standard InChI is InChI=1S/C15H16N2O2S/c1-11(14-6-3-9-20-14)16-12-4-2-5-13(10-12)17-7-8-19-15(17)18/h2-6,9-11,16H,7-8H2,1H3. The summed E-state index contributed by atoms with van der Waals surface area (Å²) in [5.74, 6) is 0. The quantitative estimate of drug-likeness (QED) is 0.928. The summed E-state index contributed by atoms with van der Waals surface area (Å²) in [6.07, 6.45) is -0.270. The largest absolute Gasteiger partial charge is 0.447 e. The fourth-order valence-electron chi connectivity index (χ4n) is 2.25.